The van der Waals surface area contributed by atoms with E-state index in [9.17, 15) is 0 Å². The van der Waals surface area contributed by atoms with Crippen LogP contribution in [0.15, 0.2) is 4.60 Å². The summed E-state index contributed by atoms with van der Waals surface area (Å²) in [7, 11) is -1.28. The number of nitrogens with one attached hydrogen (secondary N) is 1. The summed E-state index contributed by atoms with van der Waals surface area (Å²) in [5.74, 6) is 0.728. The van der Waals surface area contributed by atoms with E-state index in [4.69, 9.17) is 11.6 Å². The molecule has 1 aliphatic rings. The molecule has 0 unspecified atom stereocenters. The third-order valence-corrected chi connectivity index (χ3v) is 5.78. The van der Waals surface area contributed by atoms with Crippen LogP contribution in [0.3, 0.4) is 0 Å². The van der Waals surface area contributed by atoms with Gasteiger partial charge in [0.05, 0.1) is 13.1 Å². The lowest BCUT2D eigenvalue weighted by molar-refractivity contribution is 1.15. The van der Waals surface area contributed by atoms with Crippen LogP contribution in [0.25, 0.3) is 0 Å². The molecule has 0 radical (unpaired) electrons. The van der Waals surface area contributed by atoms with E-state index in [1.54, 1.807) is 0 Å². The van der Waals surface area contributed by atoms with Crippen LogP contribution < -0.4 is 5.32 Å². The van der Waals surface area contributed by atoms with E-state index < -0.39 is 8.07 Å². The average molecular weight is 293 g/mol. The summed E-state index contributed by atoms with van der Waals surface area (Å²) in [5, 5.41) is 2.35. The molecular formula is C10H15BrClNSi. The second-order valence-electron chi connectivity index (χ2n) is 5.07. The van der Waals surface area contributed by atoms with Gasteiger partial charge in [0.2, 0.25) is 0 Å². The third-order valence-electron chi connectivity index (χ3n) is 2.67. The quantitative estimate of drug-likeness (QED) is 0.797. The lowest BCUT2D eigenvalue weighted by Gasteiger charge is -2.16. The first-order valence-corrected chi connectivity index (χ1v) is 9.65. The maximum absolute atomic E-state index is 6.30. The predicted octanol–water partition coefficient (Wildman–Crippen LogP) is 3.85. The van der Waals surface area contributed by atoms with Gasteiger partial charge in [0, 0.05) is 5.32 Å². The third kappa shape index (κ3) is 1.82. The number of H-pyrrole nitrogens is 1. The van der Waals surface area contributed by atoms with Crippen LogP contribution in [0, 0.1) is 0 Å². The second kappa shape index (κ2) is 3.39. The molecule has 1 aliphatic carbocycles. The summed E-state index contributed by atoms with van der Waals surface area (Å²) < 4.78 is 0.971. The van der Waals surface area contributed by atoms with Crippen molar-refractivity contribution in [2.45, 2.75) is 38.4 Å². The summed E-state index contributed by atoms with van der Waals surface area (Å²) >= 11 is 9.79. The summed E-state index contributed by atoms with van der Waals surface area (Å²) in [4.78, 5) is 3.42. The van der Waals surface area contributed by atoms with Crippen molar-refractivity contribution in [1.82, 2.24) is 4.98 Å². The minimum Gasteiger partial charge on any atom is -0.356 e. The maximum Gasteiger partial charge on any atom is 0.101 e. The average Bonchev–Trinajstić information content (AvgIpc) is 2.81. The molecule has 0 saturated heterocycles. The Morgan fingerprint density at radius 1 is 1.36 bits per heavy atom. The lowest BCUT2D eigenvalue weighted by atomic mass is 10.2. The molecule has 14 heavy (non-hydrogen) atoms. The fourth-order valence-corrected chi connectivity index (χ4v) is 4.41. The van der Waals surface area contributed by atoms with Crippen molar-refractivity contribution in [3.63, 3.8) is 0 Å². The van der Waals surface area contributed by atoms with Gasteiger partial charge in [0.25, 0.3) is 0 Å². The topological polar surface area (TPSA) is 15.8 Å². The molecule has 1 N–H and O–H groups in total. The number of hydrogen-bond acceptors (Lipinski definition) is 0. The molecule has 1 fully saturated rings. The largest absolute Gasteiger partial charge is 0.356 e. The SMILES string of the molecule is C[Si](C)(C)c1[nH]c(Br)c(Cl)c1C1CC1. The molecule has 1 heterocycles. The van der Waals surface area contributed by atoms with Crippen LogP contribution in [-0.4, -0.2) is 13.1 Å². The van der Waals surface area contributed by atoms with Gasteiger partial charge in [0.1, 0.15) is 4.60 Å². The number of rotatable bonds is 2. The first-order valence-electron chi connectivity index (χ1n) is 4.98. The van der Waals surface area contributed by atoms with Gasteiger partial charge >= 0.3 is 0 Å². The zero-order valence-corrected chi connectivity index (χ0v) is 12.1. The van der Waals surface area contributed by atoms with Crippen molar-refractivity contribution < 1.29 is 0 Å². The van der Waals surface area contributed by atoms with Crippen molar-refractivity contribution in [1.29, 1.82) is 0 Å². The Morgan fingerprint density at radius 3 is 2.36 bits per heavy atom. The zero-order chi connectivity index (χ0) is 10.5. The molecule has 2 rings (SSSR count). The molecule has 0 bridgehead atoms. The maximum atomic E-state index is 6.30. The molecule has 4 heteroatoms. The molecular weight excluding hydrogens is 278 g/mol. The van der Waals surface area contributed by atoms with Crippen LogP contribution in [-0.2, 0) is 0 Å². The van der Waals surface area contributed by atoms with Gasteiger partial charge in [-0.2, -0.15) is 0 Å². The van der Waals surface area contributed by atoms with Crippen LogP contribution in [0.2, 0.25) is 24.7 Å². The number of aromatic amines is 1. The van der Waals surface area contributed by atoms with Crippen molar-refractivity contribution in [2.75, 3.05) is 0 Å². The van der Waals surface area contributed by atoms with Gasteiger partial charge in [-0.1, -0.05) is 31.2 Å². The Hall–Kier alpha value is 0.267. The predicted molar refractivity (Wildman–Crippen MR) is 68.5 cm³/mol. The first-order chi connectivity index (χ1) is 6.41. The number of hydrogen-bond donors (Lipinski definition) is 1. The molecule has 0 atom stereocenters. The Morgan fingerprint density at radius 2 is 1.93 bits per heavy atom. The summed E-state index contributed by atoms with van der Waals surface area (Å²) in [6, 6.07) is 0. The van der Waals surface area contributed by atoms with E-state index in [0.29, 0.717) is 0 Å². The Bertz CT molecular complexity index is 363. The van der Waals surface area contributed by atoms with E-state index in [2.05, 4.69) is 40.6 Å². The molecule has 1 aromatic rings. The van der Waals surface area contributed by atoms with Gasteiger partial charge in [-0.25, -0.2) is 0 Å². The molecule has 1 nitrogen and oxygen atoms in total. The number of aromatic nitrogens is 1. The molecule has 0 aliphatic heterocycles. The first kappa shape index (κ1) is 10.8. The monoisotopic (exact) mass is 291 g/mol. The van der Waals surface area contributed by atoms with Crippen molar-refractivity contribution in [3.8, 4) is 0 Å². The van der Waals surface area contributed by atoms with Crippen molar-refractivity contribution in [3.05, 3.63) is 15.2 Å². The number of halogens is 2. The molecule has 0 amide bonds. The van der Waals surface area contributed by atoms with Crippen molar-refractivity contribution >= 4 is 40.9 Å². The molecule has 1 saturated carbocycles. The van der Waals surface area contributed by atoms with Gasteiger partial charge < -0.3 is 4.98 Å². The highest BCUT2D eigenvalue weighted by Crippen LogP contribution is 2.44. The molecule has 0 spiro atoms. The highest BCUT2D eigenvalue weighted by molar-refractivity contribution is 9.10. The lowest BCUT2D eigenvalue weighted by Crippen LogP contribution is -2.40. The minimum atomic E-state index is -1.28. The van der Waals surface area contributed by atoms with Crippen LogP contribution in [0.5, 0.6) is 0 Å². The summed E-state index contributed by atoms with van der Waals surface area (Å²) in [6.45, 7) is 7.06. The van der Waals surface area contributed by atoms with Crippen LogP contribution in [0.1, 0.15) is 24.3 Å². The Balaban J connectivity index is 2.53. The van der Waals surface area contributed by atoms with E-state index >= 15 is 0 Å². The fraction of sp³-hybridized carbons (Fsp3) is 0.600. The highest BCUT2D eigenvalue weighted by Gasteiger charge is 2.35. The molecule has 78 valence electrons. The fourth-order valence-electron chi connectivity index (χ4n) is 1.81. The van der Waals surface area contributed by atoms with E-state index in [0.717, 1.165) is 15.5 Å². The smallest absolute Gasteiger partial charge is 0.101 e. The Labute approximate surface area is 99.4 Å². The van der Waals surface area contributed by atoms with Gasteiger partial charge in [-0.15, -0.1) is 0 Å². The van der Waals surface area contributed by atoms with Crippen LogP contribution >= 0.6 is 27.5 Å². The zero-order valence-electron chi connectivity index (χ0n) is 8.75. The van der Waals surface area contributed by atoms with Crippen molar-refractivity contribution in [2.24, 2.45) is 0 Å². The Kier molecular flexibility index (Phi) is 2.61. The molecule has 1 aromatic heterocycles. The van der Waals surface area contributed by atoms with E-state index in [1.807, 2.05) is 0 Å². The normalized spacial score (nSPS) is 17.5. The van der Waals surface area contributed by atoms with Gasteiger partial charge in [-0.3, -0.25) is 0 Å². The summed E-state index contributed by atoms with van der Waals surface area (Å²) in [6.07, 6.45) is 2.61. The molecule has 0 aromatic carbocycles. The van der Waals surface area contributed by atoms with E-state index in [-0.39, 0.29) is 0 Å². The minimum absolute atomic E-state index is 0.728. The second-order valence-corrected chi connectivity index (χ2v) is 11.2. The van der Waals surface area contributed by atoms with Gasteiger partial charge in [-0.05, 0) is 40.3 Å². The highest BCUT2D eigenvalue weighted by atomic mass is 79.9. The van der Waals surface area contributed by atoms with Gasteiger partial charge in [0.15, 0.2) is 0 Å². The van der Waals surface area contributed by atoms with Crippen LogP contribution in [0.4, 0.5) is 0 Å². The van der Waals surface area contributed by atoms with E-state index in [1.165, 1.54) is 23.7 Å². The summed E-state index contributed by atoms with van der Waals surface area (Å²) in [5.41, 5.74) is 1.40. The standard InChI is InChI=1S/C10H15BrClNSi/c1-14(2,3)10-7(6-4-5-6)8(12)9(11)13-10/h6,13H,4-5H2,1-3H3.